The maximum atomic E-state index is 14.2. The molecule has 0 saturated heterocycles. The fourth-order valence-electron chi connectivity index (χ4n) is 5.14. The fourth-order valence-corrected chi connectivity index (χ4v) is 5.14. The first-order chi connectivity index (χ1) is 19.2. The van der Waals surface area contributed by atoms with Gasteiger partial charge in [0.25, 0.3) is 0 Å². The van der Waals surface area contributed by atoms with E-state index in [1.807, 2.05) is 30.3 Å². The van der Waals surface area contributed by atoms with E-state index < -0.39 is 35.9 Å². The number of hydrogen-bond acceptors (Lipinski definition) is 6. The van der Waals surface area contributed by atoms with Crippen LogP contribution in [0, 0.1) is 12.3 Å². The number of halogens is 3. The summed E-state index contributed by atoms with van der Waals surface area (Å²) in [5, 5.41) is 1.58. The molecule has 0 fully saturated rings. The molecule has 2 aromatic heterocycles. The quantitative estimate of drug-likeness (QED) is 0.223. The zero-order valence-corrected chi connectivity index (χ0v) is 24.0. The van der Waals surface area contributed by atoms with Gasteiger partial charge in [0.1, 0.15) is 18.5 Å². The number of carbonyl (C=O) groups is 1. The van der Waals surface area contributed by atoms with Gasteiger partial charge in [0.05, 0.1) is 23.1 Å². The van der Waals surface area contributed by atoms with Gasteiger partial charge in [0.15, 0.2) is 5.60 Å². The van der Waals surface area contributed by atoms with Gasteiger partial charge in [0, 0.05) is 35.2 Å². The van der Waals surface area contributed by atoms with E-state index in [1.54, 1.807) is 46.2 Å². The van der Waals surface area contributed by atoms with E-state index in [0.717, 1.165) is 24.8 Å². The number of ether oxygens (including phenoxy) is 3. The van der Waals surface area contributed by atoms with Crippen LogP contribution in [0.2, 0.25) is 0 Å². The monoisotopic (exact) mass is 566 g/mol. The van der Waals surface area contributed by atoms with Crippen molar-refractivity contribution in [3.63, 3.8) is 0 Å². The number of pyridine rings is 2. The Kier molecular flexibility index (Phi) is 7.22. The molecular weight excluding hydrogens is 533 g/mol. The van der Waals surface area contributed by atoms with Gasteiger partial charge in [-0.05, 0) is 94.1 Å². The van der Waals surface area contributed by atoms with Crippen LogP contribution in [0.15, 0.2) is 48.8 Å². The van der Waals surface area contributed by atoms with Crippen molar-refractivity contribution >= 4 is 27.8 Å². The molecule has 0 aliphatic carbocycles. The fraction of sp³-hybridized carbons (Fsp3) is 0.406. The maximum Gasteiger partial charge on any atom is 0.416 e. The van der Waals surface area contributed by atoms with Gasteiger partial charge in [-0.2, -0.15) is 13.2 Å². The first-order valence-electron chi connectivity index (χ1n) is 13.5. The lowest BCUT2D eigenvalue weighted by atomic mass is 9.86. The molecule has 0 radical (unpaired) electrons. The number of esters is 1. The van der Waals surface area contributed by atoms with Gasteiger partial charge in [-0.25, -0.2) is 0 Å². The van der Waals surface area contributed by atoms with Crippen LogP contribution in [0.25, 0.3) is 32.9 Å². The molecule has 5 rings (SSSR count). The van der Waals surface area contributed by atoms with Crippen molar-refractivity contribution in [2.45, 2.75) is 65.8 Å². The number of carbonyl (C=O) groups excluding carboxylic acids is 1. The summed E-state index contributed by atoms with van der Waals surface area (Å²) in [4.78, 5) is 22.0. The van der Waals surface area contributed by atoms with E-state index in [9.17, 15) is 18.0 Å². The Bertz CT molecular complexity index is 1630. The first-order valence-corrected chi connectivity index (χ1v) is 13.5. The van der Waals surface area contributed by atoms with Gasteiger partial charge in [0.2, 0.25) is 0 Å². The topological polar surface area (TPSA) is 70.5 Å². The van der Waals surface area contributed by atoms with Crippen molar-refractivity contribution in [2.24, 2.45) is 5.41 Å². The largest absolute Gasteiger partial charge is 0.493 e. The van der Waals surface area contributed by atoms with Crippen LogP contribution < -0.4 is 4.74 Å². The molecule has 6 nitrogen and oxygen atoms in total. The van der Waals surface area contributed by atoms with Gasteiger partial charge >= 0.3 is 12.1 Å². The number of alkyl halides is 3. The lowest BCUT2D eigenvalue weighted by Crippen LogP contribution is -2.43. The third-order valence-corrected chi connectivity index (χ3v) is 7.41. The molecule has 1 atom stereocenters. The second-order valence-electron chi connectivity index (χ2n) is 11.9. The molecule has 1 aliphatic heterocycles. The zero-order chi connectivity index (χ0) is 29.7. The van der Waals surface area contributed by atoms with Crippen molar-refractivity contribution in [1.29, 1.82) is 0 Å². The Morgan fingerprint density at radius 1 is 1.05 bits per heavy atom. The standard InChI is InChI=1S/C32H33F3N2O4/c1-18-16-22-20(8-7-13-36-22)27(21-9-10-23-26-19(12-15-39-23)11-14-37-28(21)26)25(18)24(17-40-29(38)30(2,3)4)41-31(5,6)32(33,34)35/h7-11,13-14,16,24H,12,15,17H2,1-6H3/t24-/m1/s1. The van der Waals surface area contributed by atoms with E-state index in [0.29, 0.717) is 57.5 Å². The molecule has 0 N–H and O–H groups in total. The first kappa shape index (κ1) is 28.8. The van der Waals surface area contributed by atoms with Crippen molar-refractivity contribution in [3.8, 4) is 16.9 Å². The van der Waals surface area contributed by atoms with E-state index in [2.05, 4.69) is 4.98 Å². The maximum absolute atomic E-state index is 14.2. The highest BCUT2D eigenvalue weighted by molar-refractivity contribution is 6.07. The highest BCUT2D eigenvalue weighted by Gasteiger charge is 2.50. The summed E-state index contributed by atoms with van der Waals surface area (Å²) < 4.78 is 59.8. The predicted octanol–water partition coefficient (Wildman–Crippen LogP) is 7.68. The summed E-state index contributed by atoms with van der Waals surface area (Å²) in [6, 6.07) is 11.2. The minimum atomic E-state index is -4.68. The highest BCUT2D eigenvalue weighted by Crippen LogP contribution is 2.46. The molecule has 0 unspecified atom stereocenters. The Labute approximate surface area is 236 Å². The lowest BCUT2D eigenvalue weighted by Gasteiger charge is -2.34. The number of hydrogen-bond donors (Lipinski definition) is 0. The van der Waals surface area contributed by atoms with E-state index in [-0.39, 0.29) is 0 Å². The molecule has 0 spiro atoms. The summed E-state index contributed by atoms with van der Waals surface area (Å²) >= 11 is 0. The predicted molar refractivity (Wildman–Crippen MR) is 151 cm³/mol. The van der Waals surface area contributed by atoms with Crippen LogP contribution in [-0.4, -0.2) is 40.9 Å². The van der Waals surface area contributed by atoms with Gasteiger partial charge < -0.3 is 14.2 Å². The molecule has 0 bridgehead atoms. The molecule has 0 saturated carbocycles. The third kappa shape index (κ3) is 5.35. The number of benzene rings is 2. The molecule has 1 aliphatic rings. The van der Waals surface area contributed by atoms with Crippen molar-refractivity contribution < 1.29 is 32.2 Å². The molecule has 0 amide bonds. The second kappa shape index (κ2) is 10.3. The summed E-state index contributed by atoms with van der Waals surface area (Å²) in [5.41, 5.74) is 1.48. The van der Waals surface area contributed by atoms with Crippen LogP contribution in [0.5, 0.6) is 5.75 Å². The number of aromatic nitrogens is 2. The smallest absolute Gasteiger partial charge is 0.416 e. The van der Waals surface area contributed by atoms with E-state index in [1.165, 1.54) is 0 Å². The van der Waals surface area contributed by atoms with Crippen LogP contribution in [-0.2, 0) is 20.7 Å². The molecule has 4 aromatic rings. The van der Waals surface area contributed by atoms with Crippen LogP contribution >= 0.6 is 0 Å². The number of nitrogens with zero attached hydrogens (tertiary/aromatic N) is 2. The Hall–Kier alpha value is -3.72. The van der Waals surface area contributed by atoms with E-state index >= 15 is 0 Å². The number of aryl methyl sites for hydroxylation is 1. The molecule has 216 valence electrons. The number of fused-ring (bicyclic) bond motifs is 1. The van der Waals surface area contributed by atoms with Crippen LogP contribution in [0.4, 0.5) is 13.2 Å². The Morgan fingerprint density at radius 3 is 2.51 bits per heavy atom. The number of rotatable bonds is 6. The summed E-state index contributed by atoms with van der Waals surface area (Å²) in [5.74, 6) is 0.165. The summed E-state index contributed by atoms with van der Waals surface area (Å²) in [7, 11) is 0. The molecule has 41 heavy (non-hydrogen) atoms. The Balaban J connectivity index is 1.79. The Morgan fingerprint density at radius 2 is 1.80 bits per heavy atom. The normalized spacial score (nSPS) is 14.7. The van der Waals surface area contributed by atoms with Crippen LogP contribution in [0.1, 0.15) is 57.4 Å². The SMILES string of the molecule is Cc1cc2ncccc2c(-c2ccc3c4c(ccnc24)CCO3)c1[C@@H](COC(=O)C(C)(C)C)OC(C)(C)C(F)(F)F. The molecular formula is C32H33F3N2O4. The second-order valence-corrected chi connectivity index (χ2v) is 11.9. The van der Waals surface area contributed by atoms with Crippen molar-refractivity contribution in [1.82, 2.24) is 9.97 Å². The van der Waals surface area contributed by atoms with Gasteiger partial charge in [-0.1, -0.05) is 6.07 Å². The average Bonchev–Trinajstić information content (AvgIpc) is 2.90. The average molecular weight is 567 g/mol. The van der Waals surface area contributed by atoms with Gasteiger partial charge in [-0.3, -0.25) is 14.8 Å². The van der Waals surface area contributed by atoms with Crippen LogP contribution in [0.3, 0.4) is 0 Å². The minimum absolute atomic E-state index is 0.410. The lowest BCUT2D eigenvalue weighted by molar-refractivity contribution is -0.281. The minimum Gasteiger partial charge on any atom is -0.493 e. The van der Waals surface area contributed by atoms with Crippen molar-refractivity contribution in [3.05, 3.63) is 65.5 Å². The highest BCUT2D eigenvalue weighted by atomic mass is 19.4. The molecule has 3 heterocycles. The summed E-state index contributed by atoms with van der Waals surface area (Å²) in [6.45, 7) is 8.96. The zero-order valence-electron chi connectivity index (χ0n) is 24.0. The van der Waals surface area contributed by atoms with Crippen molar-refractivity contribution in [2.75, 3.05) is 13.2 Å². The third-order valence-electron chi connectivity index (χ3n) is 7.41. The van der Waals surface area contributed by atoms with E-state index in [4.69, 9.17) is 19.2 Å². The molecule has 9 heteroatoms. The van der Waals surface area contributed by atoms with Gasteiger partial charge in [-0.15, -0.1) is 0 Å². The summed E-state index contributed by atoms with van der Waals surface area (Å²) in [6.07, 6.45) is -1.81. The molecule has 2 aromatic carbocycles.